The summed E-state index contributed by atoms with van der Waals surface area (Å²) in [7, 11) is 1.36. The van der Waals surface area contributed by atoms with Crippen LogP contribution in [0.25, 0.3) is 44.2 Å². The van der Waals surface area contributed by atoms with Gasteiger partial charge < -0.3 is 29.6 Å². The molecule has 0 bridgehead atoms. The normalized spacial score (nSPS) is 19.0. The summed E-state index contributed by atoms with van der Waals surface area (Å²) < 4.78 is 12.2. The highest BCUT2D eigenvalue weighted by molar-refractivity contribution is 6.06. The summed E-state index contributed by atoms with van der Waals surface area (Å²) in [5.74, 6) is 0.574. The Morgan fingerprint density at radius 3 is 2.36 bits per heavy atom. The van der Waals surface area contributed by atoms with E-state index in [1.54, 1.807) is 6.92 Å². The first-order chi connectivity index (χ1) is 29.4. The number of hydrogen-bond donors (Lipinski definition) is 2. The van der Waals surface area contributed by atoms with E-state index in [1.807, 2.05) is 56.8 Å². The maximum Gasteiger partial charge on any atom is 0.407 e. The van der Waals surface area contributed by atoms with Gasteiger partial charge in [0.25, 0.3) is 0 Å². The molecule has 320 valence electrons. The number of aliphatic imine (C=N–C) groups is 1. The highest BCUT2D eigenvalue weighted by Crippen LogP contribution is 2.37. The van der Waals surface area contributed by atoms with Gasteiger partial charge in [-0.1, -0.05) is 45.9 Å². The molecule has 3 aliphatic rings. The lowest BCUT2D eigenvalue weighted by Crippen LogP contribution is -2.51. The molecular formula is C47H56N8O6. The largest absolute Gasteiger partial charge is 0.469 e. The van der Waals surface area contributed by atoms with Crippen molar-refractivity contribution in [3.05, 3.63) is 72.1 Å². The molecule has 0 aliphatic carbocycles. The number of imidazole rings is 1. The Hall–Kier alpha value is -6.05. The molecule has 0 unspecified atom stereocenters. The number of ether oxygens (including phenoxy) is 2. The van der Waals surface area contributed by atoms with E-state index in [4.69, 9.17) is 24.4 Å². The van der Waals surface area contributed by atoms with Gasteiger partial charge in [0.1, 0.15) is 17.7 Å². The topological polar surface area (TPSA) is 164 Å². The molecule has 0 saturated carbocycles. The molecule has 0 spiro atoms. The van der Waals surface area contributed by atoms with Crippen molar-refractivity contribution in [2.24, 2.45) is 22.7 Å². The number of fused-ring (bicyclic) bond motifs is 5. The number of nitrogens with zero attached hydrogens (tertiary/aromatic N) is 6. The second-order valence-corrected chi connectivity index (χ2v) is 17.3. The van der Waals surface area contributed by atoms with Gasteiger partial charge in [-0.3, -0.25) is 23.8 Å². The minimum atomic E-state index is -0.695. The molecule has 5 aromatic rings. The minimum Gasteiger partial charge on any atom is -0.469 e. The van der Waals surface area contributed by atoms with Gasteiger partial charge in [0, 0.05) is 47.8 Å². The summed E-state index contributed by atoms with van der Waals surface area (Å²) in [6.07, 6.45) is 7.27. The van der Waals surface area contributed by atoms with Crippen molar-refractivity contribution in [2.45, 2.75) is 98.2 Å². The van der Waals surface area contributed by atoms with Crippen molar-refractivity contribution in [2.75, 3.05) is 26.8 Å². The summed E-state index contributed by atoms with van der Waals surface area (Å²) in [6.45, 7) is 13.0. The third-order valence-corrected chi connectivity index (χ3v) is 12.7. The van der Waals surface area contributed by atoms with Crippen molar-refractivity contribution in [1.29, 1.82) is 0 Å². The van der Waals surface area contributed by atoms with Crippen LogP contribution in [-0.4, -0.2) is 97.6 Å². The van der Waals surface area contributed by atoms with Gasteiger partial charge in [-0.25, -0.2) is 14.8 Å². The van der Waals surface area contributed by atoms with E-state index in [1.165, 1.54) is 7.11 Å². The lowest BCUT2D eigenvalue weighted by atomic mass is 9.90. The van der Waals surface area contributed by atoms with Crippen LogP contribution in [0.3, 0.4) is 0 Å². The standard InChI is InChI=1S/C47H56N8O6/c1-8-61-47(59)52-43(27(4)5)46(58)54-18-10-12-40(54)44-49-25-37(51-44)30-14-16-38-31(19-30)22-41-33-15-13-29(20-35(33)50-28(6)55(38)41)32-21-36(48-24-32)39-11-9-17-53(39)45(57)34(26(2)3)23-42(56)60-7/h13-16,19-20,22,24-27,34,39-40,43H,8-12,17-18,21,23H2,1-7H3,(H,49,51)(H,52,59)/t34-,39+,40-,43-/m0/s1. The first-order valence-corrected chi connectivity index (χ1v) is 21.6. The number of aryl methyl sites for hydroxylation is 1. The predicted octanol–water partition coefficient (Wildman–Crippen LogP) is 7.79. The average molecular weight is 829 g/mol. The molecule has 4 atom stereocenters. The number of aromatic amines is 1. The monoisotopic (exact) mass is 828 g/mol. The van der Waals surface area contributed by atoms with Gasteiger partial charge in [0.15, 0.2) is 0 Å². The molecule has 2 saturated heterocycles. The molecule has 3 aromatic heterocycles. The molecule has 14 heteroatoms. The van der Waals surface area contributed by atoms with E-state index in [0.717, 1.165) is 92.8 Å². The summed E-state index contributed by atoms with van der Waals surface area (Å²) in [5, 5.41) is 4.87. The third-order valence-electron chi connectivity index (χ3n) is 12.7. The number of likely N-dealkylation sites (tertiary alicyclic amines) is 2. The van der Waals surface area contributed by atoms with Gasteiger partial charge >= 0.3 is 12.1 Å². The number of allylic oxidation sites excluding steroid dienone is 1. The maximum atomic E-state index is 13.8. The van der Waals surface area contributed by atoms with Crippen LogP contribution in [0, 0.1) is 24.7 Å². The average Bonchev–Trinajstić information content (AvgIpc) is 4.09. The lowest BCUT2D eigenvalue weighted by molar-refractivity contribution is -0.148. The lowest BCUT2D eigenvalue weighted by Gasteiger charge is -2.30. The quantitative estimate of drug-likeness (QED) is 0.120. The second-order valence-electron chi connectivity index (χ2n) is 17.3. The van der Waals surface area contributed by atoms with Crippen LogP contribution in [-0.2, 0) is 23.9 Å². The molecule has 2 aromatic carbocycles. The zero-order valence-electron chi connectivity index (χ0n) is 36.2. The van der Waals surface area contributed by atoms with Crippen LogP contribution in [0.15, 0.2) is 59.9 Å². The van der Waals surface area contributed by atoms with Gasteiger partial charge in [-0.2, -0.15) is 0 Å². The number of alkyl carbamates (subject to hydrolysis) is 1. The molecule has 61 heavy (non-hydrogen) atoms. The van der Waals surface area contributed by atoms with E-state index in [-0.39, 0.29) is 54.7 Å². The van der Waals surface area contributed by atoms with Crippen molar-refractivity contribution >= 4 is 62.5 Å². The number of carbonyl (C=O) groups excluding carboxylic acids is 4. The van der Waals surface area contributed by atoms with Gasteiger partial charge in [-0.05, 0) is 86.8 Å². The molecule has 2 fully saturated rings. The number of carbonyl (C=O) groups is 4. The van der Waals surface area contributed by atoms with Crippen LogP contribution < -0.4 is 5.32 Å². The van der Waals surface area contributed by atoms with Gasteiger partial charge in [-0.15, -0.1) is 0 Å². The predicted molar refractivity (Wildman–Crippen MR) is 235 cm³/mol. The number of nitrogens with one attached hydrogen (secondary N) is 2. The number of methoxy groups -OCH3 is 1. The number of rotatable bonds is 12. The Balaban J connectivity index is 1.00. The summed E-state index contributed by atoms with van der Waals surface area (Å²) in [5.41, 5.74) is 7.97. The number of aromatic nitrogens is 4. The Morgan fingerprint density at radius 2 is 1.64 bits per heavy atom. The van der Waals surface area contributed by atoms with E-state index in [2.05, 4.69) is 57.2 Å². The molecule has 6 heterocycles. The third kappa shape index (κ3) is 7.99. The minimum absolute atomic E-state index is 0.00107. The fraction of sp³-hybridized carbons (Fsp3) is 0.468. The molecular weight excluding hydrogens is 773 g/mol. The van der Waals surface area contributed by atoms with E-state index >= 15 is 0 Å². The van der Waals surface area contributed by atoms with Crippen molar-refractivity contribution in [3.8, 4) is 11.3 Å². The first kappa shape index (κ1) is 41.7. The summed E-state index contributed by atoms with van der Waals surface area (Å²) in [4.78, 5) is 73.9. The smallest absolute Gasteiger partial charge is 0.407 e. The molecule has 8 rings (SSSR count). The van der Waals surface area contributed by atoms with Gasteiger partial charge in [0.2, 0.25) is 11.8 Å². The number of esters is 1. The number of amides is 3. The summed E-state index contributed by atoms with van der Waals surface area (Å²) >= 11 is 0. The maximum absolute atomic E-state index is 13.8. The highest BCUT2D eigenvalue weighted by Gasteiger charge is 2.39. The summed E-state index contributed by atoms with van der Waals surface area (Å²) in [6, 6.07) is 14.0. The fourth-order valence-corrected chi connectivity index (χ4v) is 9.44. The SMILES string of the molecule is CCOC(=O)N[C@H](C(=O)N1CCC[C@H]1c1ncc(-c2ccc3c(c2)cc2c4ccc(C5=CN=C([C@H]6CCCN6C(=O)[C@@H](CC(=O)OC)C(C)C)C5)cc4nc(C)n32)[nH]1)C(C)C. The van der Waals surface area contributed by atoms with Crippen molar-refractivity contribution < 1.29 is 28.7 Å². The number of H-pyrrole nitrogens is 1. The van der Waals surface area contributed by atoms with Crippen LogP contribution in [0.1, 0.15) is 96.4 Å². The molecule has 3 amide bonds. The Morgan fingerprint density at radius 1 is 0.902 bits per heavy atom. The molecule has 3 aliphatic heterocycles. The Labute approximate surface area is 355 Å². The Bertz CT molecular complexity index is 2590. The van der Waals surface area contributed by atoms with E-state index in [9.17, 15) is 19.2 Å². The number of hydrogen-bond acceptors (Lipinski definition) is 9. The molecule has 2 N–H and O–H groups in total. The van der Waals surface area contributed by atoms with Gasteiger partial charge in [0.05, 0.1) is 66.6 Å². The fourth-order valence-electron chi connectivity index (χ4n) is 9.44. The van der Waals surface area contributed by atoms with E-state index < -0.39 is 18.1 Å². The highest BCUT2D eigenvalue weighted by atomic mass is 16.5. The van der Waals surface area contributed by atoms with Crippen LogP contribution in [0.2, 0.25) is 0 Å². The number of benzene rings is 2. The van der Waals surface area contributed by atoms with E-state index in [0.29, 0.717) is 19.5 Å². The first-order valence-electron chi connectivity index (χ1n) is 21.6. The zero-order valence-corrected chi connectivity index (χ0v) is 36.2. The van der Waals surface area contributed by atoms with Crippen LogP contribution >= 0.6 is 0 Å². The molecule has 0 radical (unpaired) electrons. The molecule has 14 nitrogen and oxygen atoms in total. The van der Waals surface area contributed by atoms with Crippen molar-refractivity contribution in [1.82, 2.24) is 34.5 Å². The van der Waals surface area contributed by atoms with Crippen LogP contribution in [0.5, 0.6) is 0 Å². The Kier molecular flexibility index (Phi) is 11.7. The second kappa shape index (κ2) is 17.1. The van der Waals surface area contributed by atoms with Crippen LogP contribution in [0.4, 0.5) is 4.79 Å². The zero-order chi connectivity index (χ0) is 43.1. The van der Waals surface area contributed by atoms with Crippen molar-refractivity contribution in [3.63, 3.8) is 0 Å².